The predicted octanol–water partition coefficient (Wildman–Crippen LogP) is 2.99. The third-order valence-electron chi connectivity index (χ3n) is 4.76. The van der Waals surface area contributed by atoms with Gasteiger partial charge >= 0.3 is 5.97 Å². The van der Waals surface area contributed by atoms with Crippen molar-refractivity contribution >= 4 is 11.6 Å². The zero-order valence-electron chi connectivity index (χ0n) is 11.6. The van der Waals surface area contributed by atoms with Gasteiger partial charge in [-0.3, -0.25) is 0 Å². The van der Waals surface area contributed by atoms with Crippen LogP contribution in [0, 0.1) is 18.8 Å². The molecule has 2 aliphatic rings. The molecular weight excluding hydrogens is 252 g/mol. The van der Waals surface area contributed by atoms with Crippen LogP contribution in [-0.2, 0) is 4.74 Å². The number of hydrogen-bond donors (Lipinski definition) is 0. The number of carbonyl (C=O) groups is 1. The van der Waals surface area contributed by atoms with Crippen molar-refractivity contribution in [1.82, 2.24) is 9.38 Å². The quantitative estimate of drug-likeness (QED) is 0.788. The maximum atomic E-state index is 12.2. The maximum absolute atomic E-state index is 12.2. The summed E-state index contributed by atoms with van der Waals surface area (Å²) < 4.78 is 7.54. The van der Waals surface area contributed by atoms with E-state index < -0.39 is 0 Å². The lowest BCUT2D eigenvalue weighted by molar-refractivity contribution is 0.0153. The van der Waals surface area contributed by atoms with E-state index in [1.165, 1.54) is 19.3 Å². The van der Waals surface area contributed by atoms with Crippen LogP contribution in [-0.4, -0.2) is 21.5 Å². The van der Waals surface area contributed by atoms with Crippen molar-refractivity contribution in [2.24, 2.45) is 11.8 Å². The van der Waals surface area contributed by atoms with Crippen molar-refractivity contribution < 1.29 is 9.53 Å². The van der Waals surface area contributed by atoms with E-state index in [1.807, 2.05) is 29.7 Å². The highest BCUT2D eigenvalue weighted by Gasteiger charge is 2.41. The average Bonchev–Trinajstić information content (AvgIpc) is 3.11. The molecule has 4 heteroatoms. The Morgan fingerprint density at radius 1 is 1.40 bits per heavy atom. The number of imidazole rings is 1. The molecule has 0 unspecified atom stereocenters. The molecule has 20 heavy (non-hydrogen) atoms. The van der Waals surface area contributed by atoms with Crippen molar-refractivity contribution in [3.8, 4) is 0 Å². The maximum Gasteiger partial charge on any atom is 0.358 e. The summed E-state index contributed by atoms with van der Waals surface area (Å²) in [7, 11) is 0. The minimum atomic E-state index is -0.274. The van der Waals surface area contributed by atoms with Gasteiger partial charge in [0.25, 0.3) is 0 Å². The minimum Gasteiger partial charge on any atom is -0.457 e. The zero-order valence-corrected chi connectivity index (χ0v) is 11.6. The van der Waals surface area contributed by atoms with Gasteiger partial charge in [-0.15, -0.1) is 0 Å². The Morgan fingerprint density at radius 3 is 3.05 bits per heavy atom. The molecule has 104 valence electrons. The molecule has 0 radical (unpaired) electrons. The van der Waals surface area contributed by atoms with Gasteiger partial charge in [0.15, 0.2) is 5.69 Å². The molecule has 2 aromatic heterocycles. The fourth-order valence-corrected chi connectivity index (χ4v) is 3.71. The summed E-state index contributed by atoms with van der Waals surface area (Å²) in [6, 6.07) is 3.97. The number of pyridine rings is 1. The van der Waals surface area contributed by atoms with E-state index in [4.69, 9.17) is 4.74 Å². The molecule has 0 N–H and O–H groups in total. The molecule has 2 bridgehead atoms. The number of rotatable bonds is 2. The van der Waals surface area contributed by atoms with Gasteiger partial charge in [0.2, 0.25) is 0 Å². The van der Waals surface area contributed by atoms with E-state index in [0.29, 0.717) is 11.6 Å². The van der Waals surface area contributed by atoms with Crippen LogP contribution in [0.1, 0.15) is 41.7 Å². The Bertz CT molecular complexity index is 676. The largest absolute Gasteiger partial charge is 0.457 e. The van der Waals surface area contributed by atoms with Crippen molar-refractivity contribution in [3.05, 3.63) is 35.8 Å². The number of ether oxygens (including phenoxy) is 1. The summed E-state index contributed by atoms with van der Waals surface area (Å²) in [4.78, 5) is 16.6. The summed E-state index contributed by atoms with van der Waals surface area (Å²) in [5.74, 6) is 1.09. The summed E-state index contributed by atoms with van der Waals surface area (Å²) >= 11 is 0. The molecule has 0 saturated heterocycles. The van der Waals surface area contributed by atoms with Crippen LogP contribution in [0.4, 0.5) is 0 Å². The van der Waals surface area contributed by atoms with Crippen molar-refractivity contribution in [3.63, 3.8) is 0 Å². The van der Waals surface area contributed by atoms with E-state index in [2.05, 4.69) is 4.98 Å². The number of esters is 1. The molecule has 4 rings (SSSR count). The van der Waals surface area contributed by atoms with E-state index >= 15 is 0 Å². The number of aryl methyl sites for hydroxylation is 1. The molecule has 2 saturated carbocycles. The van der Waals surface area contributed by atoms with Gasteiger partial charge in [0, 0.05) is 12.4 Å². The lowest BCUT2D eigenvalue weighted by Crippen LogP contribution is -2.24. The van der Waals surface area contributed by atoms with Gasteiger partial charge < -0.3 is 9.14 Å². The SMILES string of the molecule is Cc1ccn2cc(C(=O)O[C@H]3C[C@H]4CC[C@H]3C4)nc2c1. The van der Waals surface area contributed by atoms with Crippen molar-refractivity contribution in [2.75, 3.05) is 0 Å². The van der Waals surface area contributed by atoms with Gasteiger partial charge in [-0.05, 0) is 62.1 Å². The van der Waals surface area contributed by atoms with Gasteiger partial charge in [-0.25, -0.2) is 9.78 Å². The Morgan fingerprint density at radius 2 is 2.30 bits per heavy atom. The highest BCUT2D eigenvalue weighted by Crippen LogP contribution is 2.46. The zero-order chi connectivity index (χ0) is 13.7. The second kappa shape index (κ2) is 4.33. The van der Waals surface area contributed by atoms with Crippen LogP contribution in [0.5, 0.6) is 0 Å². The van der Waals surface area contributed by atoms with Gasteiger partial charge in [-0.1, -0.05) is 0 Å². The summed E-state index contributed by atoms with van der Waals surface area (Å²) in [5, 5.41) is 0. The van der Waals surface area contributed by atoms with E-state index in [0.717, 1.165) is 23.5 Å². The lowest BCUT2D eigenvalue weighted by atomic mass is 9.98. The van der Waals surface area contributed by atoms with Crippen molar-refractivity contribution in [1.29, 1.82) is 0 Å². The first-order chi connectivity index (χ1) is 9.69. The first-order valence-electron chi connectivity index (χ1n) is 7.35. The van der Waals surface area contributed by atoms with Gasteiger partial charge in [-0.2, -0.15) is 0 Å². The monoisotopic (exact) mass is 270 g/mol. The summed E-state index contributed by atoms with van der Waals surface area (Å²) in [6.07, 6.45) is 8.61. The standard InChI is InChI=1S/C16H18N2O2/c1-10-4-5-18-9-13(17-15(18)6-10)16(19)20-14-8-11-2-3-12(14)7-11/h4-6,9,11-12,14H,2-3,7-8H2,1H3/t11-,12-,14-/m0/s1. The minimum absolute atomic E-state index is 0.118. The first kappa shape index (κ1) is 11.9. The Hall–Kier alpha value is -1.84. The average molecular weight is 270 g/mol. The predicted molar refractivity (Wildman–Crippen MR) is 74.6 cm³/mol. The Kier molecular flexibility index (Phi) is 2.59. The van der Waals surface area contributed by atoms with Crippen molar-refractivity contribution in [2.45, 2.75) is 38.7 Å². The van der Waals surface area contributed by atoms with Crippen LogP contribution in [0.25, 0.3) is 5.65 Å². The van der Waals surface area contributed by atoms with Crippen LogP contribution >= 0.6 is 0 Å². The van der Waals surface area contributed by atoms with Crippen LogP contribution in [0.15, 0.2) is 24.5 Å². The second-order valence-electron chi connectivity index (χ2n) is 6.21. The van der Waals surface area contributed by atoms with Crippen LogP contribution in [0.2, 0.25) is 0 Å². The number of nitrogens with zero attached hydrogens (tertiary/aromatic N) is 2. The Balaban J connectivity index is 1.54. The molecular formula is C16H18N2O2. The van der Waals surface area contributed by atoms with Gasteiger partial charge in [0.05, 0.1) is 0 Å². The third-order valence-corrected chi connectivity index (χ3v) is 4.76. The van der Waals surface area contributed by atoms with Crippen LogP contribution < -0.4 is 0 Å². The number of fused-ring (bicyclic) bond motifs is 3. The summed E-state index contributed by atoms with van der Waals surface area (Å²) in [5.41, 5.74) is 2.35. The topological polar surface area (TPSA) is 43.6 Å². The molecule has 2 heterocycles. The fraction of sp³-hybridized carbons (Fsp3) is 0.500. The lowest BCUT2D eigenvalue weighted by Gasteiger charge is -2.21. The number of aromatic nitrogens is 2. The molecule has 0 aromatic carbocycles. The number of hydrogen-bond acceptors (Lipinski definition) is 3. The smallest absolute Gasteiger partial charge is 0.358 e. The van der Waals surface area contributed by atoms with Crippen LogP contribution in [0.3, 0.4) is 0 Å². The normalized spacial score (nSPS) is 28.1. The first-order valence-corrected chi connectivity index (χ1v) is 7.35. The van der Waals surface area contributed by atoms with E-state index in [1.54, 1.807) is 6.20 Å². The Labute approximate surface area is 117 Å². The number of carbonyl (C=O) groups excluding carboxylic acids is 1. The molecule has 4 nitrogen and oxygen atoms in total. The molecule has 2 aliphatic carbocycles. The van der Waals surface area contributed by atoms with Gasteiger partial charge in [0.1, 0.15) is 11.8 Å². The van der Waals surface area contributed by atoms with E-state index in [9.17, 15) is 4.79 Å². The molecule has 0 amide bonds. The second-order valence-corrected chi connectivity index (χ2v) is 6.21. The highest BCUT2D eigenvalue weighted by atomic mass is 16.5. The molecule has 0 spiro atoms. The summed E-state index contributed by atoms with van der Waals surface area (Å²) in [6.45, 7) is 2.02. The highest BCUT2D eigenvalue weighted by molar-refractivity contribution is 5.88. The molecule has 2 fully saturated rings. The molecule has 2 aromatic rings. The van der Waals surface area contributed by atoms with E-state index in [-0.39, 0.29) is 12.1 Å². The molecule has 0 aliphatic heterocycles. The molecule has 3 atom stereocenters. The third kappa shape index (κ3) is 1.90. The fourth-order valence-electron chi connectivity index (χ4n) is 3.71.